The van der Waals surface area contributed by atoms with Gasteiger partial charge in [0.1, 0.15) is 0 Å². The molecule has 0 radical (unpaired) electrons. The van der Waals surface area contributed by atoms with Gasteiger partial charge in [-0.25, -0.2) is 4.79 Å². The Balaban J connectivity index is 2.25. The molecule has 14 heavy (non-hydrogen) atoms. The summed E-state index contributed by atoms with van der Waals surface area (Å²) in [6.45, 7) is 1.03. The van der Waals surface area contributed by atoms with Gasteiger partial charge in [0.15, 0.2) is 6.29 Å². The summed E-state index contributed by atoms with van der Waals surface area (Å²) in [6.07, 6.45) is 5.47. The highest BCUT2D eigenvalue weighted by atomic mass is 16.5. The van der Waals surface area contributed by atoms with Crippen LogP contribution in [0.3, 0.4) is 0 Å². The van der Waals surface area contributed by atoms with Crippen molar-refractivity contribution in [3.63, 3.8) is 0 Å². The predicted octanol–water partition coefficient (Wildman–Crippen LogP) is 0.231. The molecule has 1 atom stereocenters. The minimum atomic E-state index is -1.07. The van der Waals surface area contributed by atoms with Crippen LogP contribution < -0.4 is 5.32 Å². The SMILES string of the molecule is O=CC1(N2C=CCNC2=O)CCCO1. The fraction of sp³-hybridized carbons (Fsp3) is 0.556. The summed E-state index contributed by atoms with van der Waals surface area (Å²) >= 11 is 0. The number of ether oxygens (including phenoxy) is 1. The molecule has 2 amide bonds. The van der Waals surface area contributed by atoms with Crippen molar-refractivity contribution in [2.45, 2.75) is 18.6 Å². The third kappa shape index (κ3) is 1.29. The molecule has 0 bridgehead atoms. The zero-order chi connectivity index (χ0) is 10.0. The van der Waals surface area contributed by atoms with Crippen molar-refractivity contribution in [1.82, 2.24) is 10.2 Å². The van der Waals surface area contributed by atoms with E-state index in [4.69, 9.17) is 4.74 Å². The van der Waals surface area contributed by atoms with Crippen molar-refractivity contribution in [2.24, 2.45) is 0 Å². The molecular weight excluding hydrogens is 184 g/mol. The topological polar surface area (TPSA) is 58.6 Å². The maximum atomic E-state index is 11.5. The fourth-order valence-electron chi connectivity index (χ4n) is 1.74. The molecule has 0 spiro atoms. The molecule has 2 rings (SSSR count). The van der Waals surface area contributed by atoms with Crippen molar-refractivity contribution in [3.8, 4) is 0 Å². The number of urea groups is 1. The average Bonchev–Trinajstić information content (AvgIpc) is 2.68. The van der Waals surface area contributed by atoms with Gasteiger partial charge >= 0.3 is 6.03 Å². The van der Waals surface area contributed by atoms with Crippen LogP contribution in [0.4, 0.5) is 4.79 Å². The second kappa shape index (κ2) is 3.42. The number of hydrogen-bond donors (Lipinski definition) is 1. The van der Waals surface area contributed by atoms with E-state index >= 15 is 0 Å². The highest BCUT2D eigenvalue weighted by molar-refractivity contribution is 5.81. The van der Waals surface area contributed by atoms with Crippen LogP contribution in [0.2, 0.25) is 0 Å². The van der Waals surface area contributed by atoms with Crippen LogP contribution in [0.15, 0.2) is 12.3 Å². The Bertz CT molecular complexity index is 282. The summed E-state index contributed by atoms with van der Waals surface area (Å²) in [5.41, 5.74) is -1.07. The first-order valence-corrected chi connectivity index (χ1v) is 4.63. The van der Waals surface area contributed by atoms with E-state index in [9.17, 15) is 9.59 Å². The van der Waals surface area contributed by atoms with Crippen molar-refractivity contribution < 1.29 is 14.3 Å². The highest BCUT2D eigenvalue weighted by Crippen LogP contribution is 2.28. The van der Waals surface area contributed by atoms with E-state index < -0.39 is 5.72 Å². The van der Waals surface area contributed by atoms with Crippen LogP contribution in [-0.2, 0) is 9.53 Å². The number of rotatable bonds is 2. The maximum absolute atomic E-state index is 11.5. The average molecular weight is 196 g/mol. The maximum Gasteiger partial charge on any atom is 0.324 e. The summed E-state index contributed by atoms with van der Waals surface area (Å²) in [5, 5.41) is 2.63. The van der Waals surface area contributed by atoms with Crippen LogP contribution in [0.25, 0.3) is 0 Å². The largest absolute Gasteiger partial charge is 0.348 e. The lowest BCUT2D eigenvalue weighted by Crippen LogP contribution is -2.54. The number of hydrogen-bond acceptors (Lipinski definition) is 3. The summed E-state index contributed by atoms with van der Waals surface area (Å²) < 4.78 is 5.35. The lowest BCUT2D eigenvalue weighted by Gasteiger charge is -2.34. The molecule has 5 heteroatoms. The van der Waals surface area contributed by atoms with Crippen LogP contribution in [0, 0.1) is 0 Å². The zero-order valence-electron chi connectivity index (χ0n) is 7.73. The number of carbonyl (C=O) groups excluding carboxylic acids is 2. The fourth-order valence-corrected chi connectivity index (χ4v) is 1.74. The molecule has 0 aromatic heterocycles. The number of nitrogens with zero attached hydrogens (tertiary/aromatic N) is 1. The monoisotopic (exact) mass is 196 g/mol. The summed E-state index contributed by atoms with van der Waals surface area (Å²) in [4.78, 5) is 23.8. The van der Waals surface area contributed by atoms with E-state index in [2.05, 4.69) is 5.32 Å². The van der Waals surface area contributed by atoms with Gasteiger partial charge in [0.05, 0.1) is 6.61 Å². The Hall–Kier alpha value is -1.36. The second-order valence-corrected chi connectivity index (χ2v) is 3.36. The molecule has 76 valence electrons. The summed E-state index contributed by atoms with van der Waals surface area (Å²) in [6, 6.07) is -0.276. The molecule has 2 aliphatic heterocycles. The van der Waals surface area contributed by atoms with E-state index in [0.717, 1.165) is 6.42 Å². The normalized spacial score (nSPS) is 31.7. The Kier molecular flexibility index (Phi) is 2.25. The highest BCUT2D eigenvalue weighted by Gasteiger charge is 2.43. The number of carbonyl (C=O) groups is 2. The smallest absolute Gasteiger partial charge is 0.324 e. The lowest BCUT2D eigenvalue weighted by atomic mass is 10.1. The van der Waals surface area contributed by atoms with Gasteiger partial charge in [-0.1, -0.05) is 0 Å². The summed E-state index contributed by atoms with van der Waals surface area (Å²) in [5.74, 6) is 0. The second-order valence-electron chi connectivity index (χ2n) is 3.36. The van der Waals surface area contributed by atoms with Crippen LogP contribution in [0.5, 0.6) is 0 Å². The van der Waals surface area contributed by atoms with Crippen LogP contribution in [0.1, 0.15) is 12.8 Å². The molecule has 0 aliphatic carbocycles. The van der Waals surface area contributed by atoms with Gasteiger partial charge in [-0.15, -0.1) is 0 Å². The van der Waals surface area contributed by atoms with E-state index in [1.54, 1.807) is 12.3 Å². The standard InChI is InChI=1S/C9H12N2O3/c12-7-9(3-1-6-14-9)11-5-2-4-10-8(11)13/h2,5,7H,1,3-4,6H2,(H,10,13). The molecule has 1 fully saturated rings. The van der Waals surface area contributed by atoms with E-state index in [1.807, 2.05) is 0 Å². The molecule has 1 unspecified atom stereocenters. The van der Waals surface area contributed by atoms with Gasteiger partial charge in [-0.3, -0.25) is 9.69 Å². The number of amides is 2. The minimum Gasteiger partial charge on any atom is -0.348 e. The van der Waals surface area contributed by atoms with Crippen molar-refractivity contribution in [1.29, 1.82) is 0 Å². The first-order chi connectivity index (χ1) is 6.78. The lowest BCUT2D eigenvalue weighted by molar-refractivity contribution is -0.139. The third-order valence-corrected chi connectivity index (χ3v) is 2.47. The Morgan fingerprint density at radius 2 is 2.50 bits per heavy atom. The van der Waals surface area contributed by atoms with Gasteiger partial charge < -0.3 is 10.1 Å². The first kappa shape index (κ1) is 9.21. The van der Waals surface area contributed by atoms with Crippen molar-refractivity contribution in [2.75, 3.05) is 13.2 Å². The van der Waals surface area contributed by atoms with E-state index in [1.165, 1.54) is 4.90 Å². The molecular formula is C9H12N2O3. The third-order valence-electron chi connectivity index (χ3n) is 2.47. The Labute approximate surface area is 81.7 Å². The van der Waals surface area contributed by atoms with Gasteiger partial charge in [0.2, 0.25) is 5.72 Å². The molecule has 2 heterocycles. The molecule has 2 aliphatic rings. The number of aldehydes is 1. The molecule has 1 N–H and O–H groups in total. The van der Waals surface area contributed by atoms with Crippen LogP contribution >= 0.6 is 0 Å². The molecule has 0 aromatic rings. The Morgan fingerprint density at radius 1 is 1.64 bits per heavy atom. The molecule has 5 nitrogen and oxygen atoms in total. The minimum absolute atomic E-state index is 0.276. The predicted molar refractivity (Wildman–Crippen MR) is 48.4 cm³/mol. The van der Waals surface area contributed by atoms with E-state index in [-0.39, 0.29) is 6.03 Å². The Morgan fingerprint density at radius 3 is 3.07 bits per heavy atom. The number of nitrogens with one attached hydrogen (secondary N) is 1. The van der Waals surface area contributed by atoms with E-state index in [0.29, 0.717) is 25.9 Å². The van der Waals surface area contributed by atoms with Gasteiger partial charge in [0, 0.05) is 19.2 Å². The van der Waals surface area contributed by atoms with Crippen molar-refractivity contribution >= 4 is 12.3 Å². The zero-order valence-corrected chi connectivity index (χ0v) is 7.73. The molecule has 1 saturated heterocycles. The van der Waals surface area contributed by atoms with Gasteiger partial charge in [0.25, 0.3) is 0 Å². The van der Waals surface area contributed by atoms with Crippen LogP contribution in [-0.4, -0.2) is 36.1 Å². The van der Waals surface area contributed by atoms with Gasteiger partial charge in [-0.2, -0.15) is 0 Å². The molecule has 0 aromatic carbocycles. The van der Waals surface area contributed by atoms with Crippen molar-refractivity contribution in [3.05, 3.63) is 12.3 Å². The molecule has 0 saturated carbocycles. The quantitative estimate of drug-likeness (QED) is 0.643. The summed E-state index contributed by atoms with van der Waals surface area (Å²) in [7, 11) is 0. The first-order valence-electron chi connectivity index (χ1n) is 4.63. The van der Waals surface area contributed by atoms with Gasteiger partial charge in [-0.05, 0) is 12.5 Å².